The topological polar surface area (TPSA) is 64.8 Å². The van der Waals surface area contributed by atoms with Gasteiger partial charge in [0.2, 0.25) is 0 Å². The fourth-order valence-electron chi connectivity index (χ4n) is 3.02. The Balaban J connectivity index is 0.00000220. The maximum Gasteiger partial charge on any atom is 0.251 e. The lowest BCUT2D eigenvalue weighted by molar-refractivity contribution is -0.145. The molecular weight excluding hydrogens is 292 g/mol. The monoisotopic (exact) mass is 320 g/mol. The van der Waals surface area contributed by atoms with E-state index in [1.807, 2.05) is 4.90 Å². The van der Waals surface area contributed by atoms with Crippen molar-refractivity contribution in [3.8, 4) is 0 Å². The summed E-state index contributed by atoms with van der Waals surface area (Å²) in [4.78, 5) is 14.5. The van der Waals surface area contributed by atoms with Crippen LogP contribution in [0.4, 0.5) is 0 Å². The van der Waals surface area contributed by atoms with Crippen LogP contribution in [-0.4, -0.2) is 55.4 Å². The molecule has 2 aliphatic rings. The highest BCUT2D eigenvalue weighted by atomic mass is 35.5. The summed E-state index contributed by atoms with van der Waals surface area (Å²) in [5.74, 6) is 0.122. The van der Waals surface area contributed by atoms with Crippen molar-refractivity contribution in [1.29, 1.82) is 0 Å². The van der Waals surface area contributed by atoms with Gasteiger partial charge in [-0.05, 0) is 38.5 Å². The normalized spacial score (nSPS) is 29.0. The number of carbonyl (C=O) groups is 1. The smallest absolute Gasteiger partial charge is 0.251 e. The minimum absolute atomic E-state index is 0. The van der Waals surface area contributed by atoms with E-state index >= 15 is 0 Å². The minimum Gasteiger partial charge on any atom is -0.376 e. The van der Waals surface area contributed by atoms with Gasteiger partial charge < -0.3 is 20.1 Å². The largest absolute Gasteiger partial charge is 0.376 e. The molecule has 2 rings (SSSR count). The molecule has 0 aromatic carbocycles. The summed E-state index contributed by atoms with van der Waals surface area (Å²) < 4.78 is 11.5. The van der Waals surface area contributed by atoms with Crippen molar-refractivity contribution >= 4 is 18.3 Å². The van der Waals surface area contributed by atoms with Gasteiger partial charge in [-0.3, -0.25) is 4.79 Å². The summed E-state index contributed by atoms with van der Waals surface area (Å²) in [5, 5.41) is 0. The molecule has 0 bridgehead atoms. The van der Waals surface area contributed by atoms with E-state index in [-0.39, 0.29) is 36.6 Å². The Labute approximate surface area is 133 Å². The van der Waals surface area contributed by atoms with Crippen LogP contribution in [-0.2, 0) is 14.3 Å². The number of ether oxygens (including phenoxy) is 2. The highest BCUT2D eigenvalue weighted by Crippen LogP contribution is 2.22. The molecule has 2 heterocycles. The average Bonchev–Trinajstić information content (AvgIpc) is 2.96. The van der Waals surface area contributed by atoms with Gasteiger partial charge in [0, 0.05) is 26.2 Å². The number of halogens is 1. The maximum atomic E-state index is 12.6. The van der Waals surface area contributed by atoms with E-state index < -0.39 is 0 Å². The molecule has 124 valence electrons. The molecule has 0 aromatic rings. The third kappa shape index (κ3) is 5.40. The quantitative estimate of drug-likeness (QED) is 0.809. The van der Waals surface area contributed by atoms with Crippen molar-refractivity contribution in [3.63, 3.8) is 0 Å². The van der Waals surface area contributed by atoms with Crippen molar-refractivity contribution in [3.05, 3.63) is 0 Å². The summed E-state index contributed by atoms with van der Waals surface area (Å²) >= 11 is 0. The maximum absolute atomic E-state index is 12.6. The second-order valence-electron chi connectivity index (χ2n) is 5.83. The molecule has 2 N–H and O–H groups in total. The first-order valence-corrected chi connectivity index (χ1v) is 8.00. The molecule has 2 fully saturated rings. The number of nitrogens with zero attached hydrogens (tertiary/aromatic N) is 1. The first-order valence-electron chi connectivity index (χ1n) is 8.00. The predicted octanol–water partition coefficient (Wildman–Crippen LogP) is 1.72. The molecule has 5 nitrogen and oxygen atoms in total. The van der Waals surface area contributed by atoms with Crippen LogP contribution in [0.5, 0.6) is 0 Å². The first kappa shape index (κ1) is 18.7. The molecule has 0 saturated carbocycles. The van der Waals surface area contributed by atoms with Crippen LogP contribution in [0.25, 0.3) is 0 Å². The van der Waals surface area contributed by atoms with Gasteiger partial charge in [0.15, 0.2) is 0 Å². The van der Waals surface area contributed by atoms with E-state index in [4.69, 9.17) is 15.2 Å². The zero-order valence-corrected chi connectivity index (χ0v) is 13.8. The molecule has 0 aromatic heterocycles. The lowest BCUT2D eigenvalue weighted by atomic mass is 10.1. The number of carbonyl (C=O) groups excluding carboxylic acids is 1. The van der Waals surface area contributed by atoms with Crippen LogP contribution in [0.15, 0.2) is 0 Å². The summed E-state index contributed by atoms with van der Waals surface area (Å²) in [6, 6.07) is 0. The van der Waals surface area contributed by atoms with E-state index in [0.29, 0.717) is 13.1 Å². The fourth-order valence-corrected chi connectivity index (χ4v) is 3.02. The Morgan fingerprint density at radius 2 is 2.05 bits per heavy atom. The van der Waals surface area contributed by atoms with E-state index in [1.54, 1.807) is 0 Å². The van der Waals surface area contributed by atoms with Crippen LogP contribution in [0.1, 0.15) is 45.4 Å². The Kier molecular flexibility index (Phi) is 8.56. The van der Waals surface area contributed by atoms with Crippen molar-refractivity contribution in [2.45, 2.75) is 63.8 Å². The average molecular weight is 321 g/mol. The van der Waals surface area contributed by atoms with Crippen molar-refractivity contribution in [1.82, 2.24) is 4.90 Å². The summed E-state index contributed by atoms with van der Waals surface area (Å²) in [6.07, 6.45) is 6.02. The molecule has 0 spiro atoms. The van der Waals surface area contributed by atoms with Gasteiger partial charge in [0.1, 0.15) is 6.10 Å². The predicted molar refractivity (Wildman–Crippen MR) is 84.7 cm³/mol. The number of hydrogen-bond donors (Lipinski definition) is 1. The molecule has 21 heavy (non-hydrogen) atoms. The van der Waals surface area contributed by atoms with E-state index in [0.717, 1.165) is 45.3 Å². The van der Waals surface area contributed by atoms with Gasteiger partial charge in [-0.25, -0.2) is 0 Å². The molecule has 6 heteroatoms. The molecule has 2 aliphatic heterocycles. The molecular formula is C15H29ClN2O3. The number of hydrogen-bond acceptors (Lipinski definition) is 4. The molecule has 0 radical (unpaired) electrons. The lowest BCUT2D eigenvalue weighted by Gasteiger charge is -2.31. The van der Waals surface area contributed by atoms with Crippen LogP contribution in [0, 0.1) is 0 Å². The third-order valence-electron chi connectivity index (χ3n) is 4.15. The Hall–Kier alpha value is -0.360. The highest BCUT2D eigenvalue weighted by Gasteiger charge is 2.33. The molecule has 0 aliphatic carbocycles. The zero-order valence-electron chi connectivity index (χ0n) is 13.0. The molecule has 1 unspecified atom stereocenters. The SMILES string of the molecule is CCCN(CC1CCCCO1)C(=O)[C@@H]1CC[C@H](CN)O1.Cl. The van der Waals surface area contributed by atoms with Gasteiger partial charge >= 0.3 is 0 Å². The molecule has 3 atom stereocenters. The molecule has 1 amide bonds. The Morgan fingerprint density at radius 3 is 2.62 bits per heavy atom. The summed E-state index contributed by atoms with van der Waals surface area (Å²) in [5.41, 5.74) is 5.61. The second kappa shape index (κ2) is 9.62. The zero-order chi connectivity index (χ0) is 14.4. The number of nitrogens with two attached hydrogens (primary N) is 1. The summed E-state index contributed by atoms with van der Waals surface area (Å²) in [7, 11) is 0. The number of rotatable bonds is 6. The van der Waals surface area contributed by atoms with Gasteiger partial charge in [-0.1, -0.05) is 6.92 Å². The molecule has 2 saturated heterocycles. The second-order valence-corrected chi connectivity index (χ2v) is 5.83. The Morgan fingerprint density at radius 1 is 1.24 bits per heavy atom. The van der Waals surface area contributed by atoms with E-state index in [9.17, 15) is 4.79 Å². The third-order valence-corrected chi connectivity index (χ3v) is 4.15. The summed E-state index contributed by atoms with van der Waals surface area (Å²) in [6.45, 7) is 4.92. The fraction of sp³-hybridized carbons (Fsp3) is 0.933. The van der Waals surface area contributed by atoms with Gasteiger partial charge in [-0.2, -0.15) is 0 Å². The van der Waals surface area contributed by atoms with Gasteiger partial charge in [0.05, 0.1) is 12.2 Å². The van der Waals surface area contributed by atoms with Gasteiger partial charge in [-0.15, -0.1) is 12.4 Å². The van der Waals surface area contributed by atoms with E-state index in [2.05, 4.69) is 6.92 Å². The first-order chi connectivity index (χ1) is 9.74. The van der Waals surface area contributed by atoms with E-state index in [1.165, 1.54) is 6.42 Å². The van der Waals surface area contributed by atoms with Crippen LogP contribution < -0.4 is 5.73 Å². The van der Waals surface area contributed by atoms with Crippen molar-refractivity contribution < 1.29 is 14.3 Å². The highest BCUT2D eigenvalue weighted by molar-refractivity contribution is 5.85. The van der Waals surface area contributed by atoms with Crippen LogP contribution in [0.2, 0.25) is 0 Å². The Bertz CT molecular complexity index is 311. The van der Waals surface area contributed by atoms with Crippen LogP contribution >= 0.6 is 12.4 Å². The van der Waals surface area contributed by atoms with Crippen LogP contribution in [0.3, 0.4) is 0 Å². The standard InChI is InChI=1S/C15H28N2O3.ClH/c1-2-8-17(11-13-5-3-4-9-19-13)15(18)14-7-6-12(10-16)20-14;/h12-14H,2-11,16H2,1H3;1H/t12-,13?,14+;/m1./s1. The minimum atomic E-state index is -0.293. The van der Waals surface area contributed by atoms with Crippen molar-refractivity contribution in [2.75, 3.05) is 26.2 Å². The van der Waals surface area contributed by atoms with Gasteiger partial charge in [0.25, 0.3) is 5.91 Å². The van der Waals surface area contributed by atoms with Crippen molar-refractivity contribution in [2.24, 2.45) is 5.73 Å². The lowest BCUT2D eigenvalue weighted by Crippen LogP contribution is -2.45. The number of amides is 1.